The molecule has 0 amide bonds. The molecule has 1 aromatic rings. The summed E-state index contributed by atoms with van der Waals surface area (Å²) in [6.07, 6.45) is 4.66. The Bertz CT molecular complexity index is 460. The highest BCUT2D eigenvalue weighted by Gasteiger charge is 2.19. The molecule has 1 N–H and O–H groups in total. The van der Waals surface area contributed by atoms with Crippen LogP contribution in [0.5, 0.6) is 0 Å². The van der Waals surface area contributed by atoms with Crippen LogP contribution in [-0.2, 0) is 16.1 Å². The van der Waals surface area contributed by atoms with Crippen molar-refractivity contribution in [3.63, 3.8) is 0 Å². The monoisotopic (exact) mass is 365 g/mol. The molecule has 0 saturated carbocycles. The quantitative estimate of drug-likeness (QED) is 0.522. The molecule has 1 unspecified atom stereocenters. The van der Waals surface area contributed by atoms with Gasteiger partial charge in [0.2, 0.25) is 0 Å². The average Bonchev–Trinajstić information content (AvgIpc) is 2.64. The molecule has 150 valence electrons. The molecule has 0 radical (unpaired) electrons. The number of carbonyl (C=O) groups excluding carboxylic acids is 1. The van der Waals surface area contributed by atoms with Crippen LogP contribution in [0.2, 0.25) is 0 Å². The van der Waals surface area contributed by atoms with Gasteiger partial charge in [-0.1, -0.05) is 77.3 Å². The number of ketones is 1. The van der Waals surface area contributed by atoms with E-state index in [9.17, 15) is 9.59 Å². The lowest BCUT2D eigenvalue weighted by atomic mass is 10.0. The van der Waals surface area contributed by atoms with Gasteiger partial charge in [-0.05, 0) is 32.4 Å². The maximum Gasteiger partial charge on any atom is 0.303 e. The van der Waals surface area contributed by atoms with Crippen LogP contribution in [-0.4, -0.2) is 34.8 Å². The number of nitrogens with zero attached hydrogens (tertiary/aromatic N) is 1. The molecule has 26 heavy (non-hydrogen) atoms. The highest BCUT2D eigenvalue weighted by molar-refractivity contribution is 5.81. The minimum atomic E-state index is -0.732. The first kappa shape index (κ1) is 26.5. The van der Waals surface area contributed by atoms with Gasteiger partial charge in [0.05, 0.1) is 6.04 Å². The molecule has 0 heterocycles. The maximum absolute atomic E-state index is 11.9. The standard InChI is InChI=1S/C18H27NO3.2C2H6/c1-15(20)17(12-8-3-4-9-13-18(21)22)19(2)14-16-10-6-5-7-11-16;2*1-2/h5-7,10-11,17H,3-4,8-9,12-14H2,1-2H3,(H,21,22);2*1-2H3. The van der Waals surface area contributed by atoms with Gasteiger partial charge in [0.1, 0.15) is 5.78 Å². The summed E-state index contributed by atoms with van der Waals surface area (Å²) < 4.78 is 0. The lowest BCUT2D eigenvalue weighted by Gasteiger charge is -2.26. The first-order chi connectivity index (χ1) is 12.5. The molecule has 1 aromatic carbocycles. The Labute approximate surface area is 160 Å². The lowest BCUT2D eigenvalue weighted by molar-refractivity contribution is -0.137. The van der Waals surface area contributed by atoms with Crippen LogP contribution in [0.25, 0.3) is 0 Å². The molecule has 0 aliphatic heterocycles. The number of hydrogen-bond donors (Lipinski definition) is 1. The van der Waals surface area contributed by atoms with Gasteiger partial charge in [0.15, 0.2) is 0 Å². The molecule has 0 aliphatic carbocycles. The third kappa shape index (κ3) is 13.6. The maximum atomic E-state index is 11.9. The number of carboxylic acid groups (broad SMARTS) is 1. The van der Waals surface area contributed by atoms with Crippen LogP contribution >= 0.6 is 0 Å². The number of benzene rings is 1. The van der Waals surface area contributed by atoms with Crippen molar-refractivity contribution in [2.75, 3.05) is 7.05 Å². The first-order valence-electron chi connectivity index (χ1n) is 9.97. The normalized spacial score (nSPS) is 10.9. The second-order valence-electron chi connectivity index (χ2n) is 5.87. The third-order valence-corrected chi connectivity index (χ3v) is 3.89. The third-order valence-electron chi connectivity index (χ3n) is 3.89. The minimum absolute atomic E-state index is 0.0559. The molecule has 1 rings (SSSR count). The van der Waals surface area contributed by atoms with E-state index < -0.39 is 5.97 Å². The zero-order chi connectivity index (χ0) is 20.4. The van der Waals surface area contributed by atoms with E-state index in [1.54, 1.807) is 6.92 Å². The van der Waals surface area contributed by atoms with Crippen molar-refractivity contribution in [2.45, 2.75) is 85.7 Å². The number of Topliss-reactive ketones (excluding diaryl/α,β-unsaturated/α-hetero) is 1. The molecule has 4 heteroatoms. The van der Waals surface area contributed by atoms with Crippen LogP contribution in [0, 0.1) is 0 Å². The number of rotatable bonds is 11. The number of unbranched alkanes of at least 4 members (excludes halogenated alkanes) is 3. The van der Waals surface area contributed by atoms with Crippen molar-refractivity contribution in [1.82, 2.24) is 4.90 Å². The van der Waals surface area contributed by atoms with E-state index in [0.717, 1.165) is 38.6 Å². The minimum Gasteiger partial charge on any atom is -0.481 e. The fourth-order valence-electron chi connectivity index (χ4n) is 2.68. The van der Waals surface area contributed by atoms with E-state index in [1.165, 1.54) is 5.56 Å². The second-order valence-corrected chi connectivity index (χ2v) is 5.87. The van der Waals surface area contributed by atoms with Gasteiger partial charge < -0.3 is 5.11 Å². The van der Waals surface area contributed by atoms with Crippen molar-refractivity contribution in [1.29, 1.82) is 0 Å². The average molecular weight is 366 g/mol. The molecular formula is C22H39NO3. The Kier molecular flexibility index (Phi) is 18.5. The number of likely N-dealkylation sites (N-methyl/N-ethyl adjacent to an activating group) is 1. The lowest BCUT2D eigenvalue weighted by Crippen LogP contribution is -2.36. The fourth-order valence-corrected chi connectivity index (χ4v) is 2.68. The molecule has 0 spiro atoms. The van der Waals surface area contributed by atoms with E-state index >= 15 is 0 Å². The predicted molar refractivity (Wildman–Crippen MR) is 110 cm³/mol. The molecule has 4 nitrogen and oxygen atoms in total. The van der Waals surface area contributed by atoms with E-state index in [4.69, 9.17) is 5.11 Å². The summed E-state index contributed by atoms with van der Waals surface area (Å²) >= 11 is 0. The molecule has 0 aliphatic rings. The van der Waals surface area contributed by atoms with Crippen molar-refractivity contribution >= 4 is 11.8 Å². The van der Waals surface area contributed by atoms with E-state index in [2.05, 4.69) is 17.0 Å². The molecular weight excluding hydrogens is 326 g/mol. The summed E-state index contributed by atoms with van der Waals surface area (Å²) in [6, 6.07) is 10.1. The zero-order valence-corrected chi connectivity index (χ0v) is 17.6. The number of carboxylic acids is 1. The van der Waals surface area contributed by atoms with Gasteiger partial charge in [-0.2, -0.15) is 0 Å². The summed E-state index contributed by atoms with van der Waals surface area (Å²) in [5.41, 5.74) is 1.21. The first-order valence-corrected chi connectivity index (χ1v) is 9.97. The molecule has 0 aromatic heterocycles. The van der Waals surface area contributed by atoms with Crippen LogP contribution in [0.4, 0.5) is 0 Å². The number of hydrogen-bond acceptors (Lipinski definition) is 3. The van der Waals surface area contributed by atoms with Crippen molar-refractivity contribution in [2.24, 2.45) is 0 Å². The molecule has 0 saturated heterocycles. The van der Waals surface area contributed by atoms with Crippen LogP contribution in [0.1, 0.15) is 78.7 Å². The summed E-state index contributed by atoms with van der Waals surface area (Å²) in [4.78, 5) is 24.4. The fraction of sp³-hybridized carbons (Fsp3) is 0.636. The van der Waals surface area contributed by atoms with E-state index in [-0.39, 0.29) is 18.2 Å². The van der Waals surface area contributed by atoms with Gasteiger partial charge in [-0.25, -0.2) is 0 Å². The molecule has 0 bridgehead atoms. The highest BCUT2D eigenvalue weighted by atomic mass is 16.4. The van der Waals surface area contributed by atoms with Gasteiger partial charge in [0, 0.05) is 13.0 Å². The van der Waals surface area contributed by atoms with Crippen LogP contribution in [0.3, 0.4) is 0 Å². The summed E-state index contributed by atoms with van der Waals surface area (Å²) in [5, 5.41) is 8.59. The predicted octanol–water partition coefficient (Wildman–Crippen LogP) is 5.55. The van der Waals surface area contributed by atoms with Crippen LogP contribution in [0.15, 0.2) is 30.3 Å². The van der Waals surface area contributed by atoms with Crippen LogP contribution < -0.4 is 0 Å². The highest BCUT2D eigenvalue weighted by Crippen LogP contribution is 2.14. The SMILES string of the molecule is CC.CC.CC(=O)C(CCCCCCC(=O)O)N(C)Cc1ccccc1. The van der Waals surface area contributed by atoms with Crippen molar-refractivity contribution < 1.29 is 14.7 Å². The Morgan fingerprint density at radius 3 is 2.00 bits per heavy atom. The van der Waals surface area contributed by atoms with Gasteiger partial charge in [-0.15, -0.1) is 0 Å². The summed E-state index contributed by atoms with van der Waals surface area (Å²) in [6.45, 7) is 10.4. The largest absolute Gasteiger partial charge is 0.481 e. The van der Waals surface area contributed by atoms with Crippen molar-refractivity contribution in [3.05, 3.63) is 35.9 Å². The molecule has 1 atom stereocenters. The smallest absolute Gasteiger partial charge is 0.303 e. The Morgan fingerprint density at radius 2 is 1.50 bits per heavy atom. The van der Waals surface area contributed by atoms with Gasteiger partial charge in [0.25, 0.3) is 0 Å². The van der Waals surface area contributed by atoms with E-state index in [0.29, 0.717) is 0 Å². The Balaban J connectivity index is 0. The van der Waals surface area contributed by atoms with Gasteiger partial charge >= 0.3 is 5.97 Å². The number of aliphatic carboxylic acids is 1. The molecule has 0 fully saturated rings. The summed E-state index contributed by atoms with van der Waals surface area (Å²) in [5.74, 6) is -0.534. The van der Waals surface area contributed by atoms with E-state index in [1.807, 2.05) is 52.9 Å². The summed E-state index contributed by atoms with van der Waals surface area (Å²) in [7, 11) is 1.99. The Morgan fingerprint density at radius 1 is 0.962 bits per heavy atom. The van der Waals surface area contributed by atoms with Gasteiger partial charge in [-0.3, -0.25) is 14.5 Å². The zero-order valence-electron chi connectivity index (χ0n) is 17.6. The number of carbonyl (C=O) groups is 2. The Hall–Kier alpha value is -1.68. The topological polar surface area (TPSA) is 57.6 Å². The second kappa shape index (κ2) is 18.1. The van der Waals surface area contributed by atoms with Crippen molar-refractivity contribution in [3.8, 4) is 0 Å².